The van der Waals surface area contributed by atoms with Gasteiger partial charge in [0.1, 0.15) is 0 Å². The van der Waals surface area contributed by atoms with E-state index in [4.69, 9.17) is 4.74 Å². The molecule has 3 heterocycles. The van der Waals surface area contributed by atoms with Crippen molar-refractivity contribution in [3.05, 3.63) is 60.2 Å². The summed E-state index contributed by atoms with van der Waals surface area (Å²) < 4.78 is 44.4. The molecule has 12 heteroatoms. The van der Waals surface area contributed by atoms with Gasteiger partial charge >= 0.3 is 6.18 Å². The number of nitrogens with zero attached hydrogens (tertiary/aromatic N) is 4. The van der Waals surface area contributed by atoms with Crippen LogP contribution < -0.4 is 15.4 Å². The molecule has 0 saturated carbocycles. The van der Waals surface area contributed by atoms with Crippen LogP contribution in [0, 0.1) is 0 Å². The minimum absolute atomic E-state index is 0.0405. The number of hydrogen-bond donors (Lipinski definition) is 2. The maximum Gasteiger partial charge on any atom is 0.422 e. The molecule has 2 N–H and O–H groups in total. The molecule has 0 fully saturated rings. The quantitative estimate of drug-likeness (QED) is 0.342. The molecule has 0 bridgehead atoms. The highest BCUT2D eigenvalue weighted by Crippen LogP contribution is 2.28. The predicted octanol–water partition coefficient (Wildman–Crippen LogP) is 2.76. The van der Waals surface area contributed by atoms with E-state index in [2.05, 4.69) is 25.7 Å². The molecule has 1 aromatic carbocycles. The highest BCUT2D eigenvalue weighted by atomic mass is 19.4. The van der Waals surface area contributed by atoms with E-state index < -0.39 is 12.8 Å². The normalized spacial score (nSPS) is 11.6. The van der Waals surface area contributed by atoms with Crippen molar-refractivity contribution in [3.63, 3.8) is 0 Å². The second-order valence-electron chi connectivity index (χ2n) is 8.06. The summed E-state index contributed by atoms with van der Waals surface area (Å²) in [6, 6.07) is 8.66. The van der Waals surface area contributed by atoms with Crippen LogP contribution in [-0.4, -0.2) is 57.4 Å². The second kappa shape index (κ2) is 10.6. The Morgan fingerprint density at radius 2 is 1.78 bits per heavy atom. The Kier molecular flexibility index (Phi) is 7.32. The molecule has 188 valence electrons. The van der Waals surface area contributed by atoms with E-state index in [0.29, 0.717) is 47.0 Å². The molecular weight excluding hydrogens is 477 g/mol. The van der Waals surface area contributed by atoms with Crippen molar-refractivity contribution in [1.82, 2.24) is 30.4 Å². The number of hydrogen-bond acceptors (Lipinski definition) is 6. The van der Waals surface area contributed by atoms with Crippen molar-refractivity contribution in [3.8, 4) is 5.88 Å². The molecule has 2 amide bonds. The van der Waals surface area contributed by atoms with E-state index in [1.54, 1.807) is 47.4 Å². The van der Waals surface area contributed by atoms with Crippen molar-refractivity contribution in [2.75, 3.05) is 19.7 Å². The molecule has 0 aliphatic carbocycles. The number of aromatic nitrogens is 4. The molecule has 0 atom stereocenters. The van der Waals surface area contributed by atoms with Crippen molar-refractivity contribution in [2.24, 2.45) is 0 Å². The third-order valence-corrected chi connectivity index (χ3v) is 5.26. The standard InChI is InChI=1S/C24H23F3N6O3/c1-15(34)28-8-9-30-22(35)10-21-19-13-33(32-20(19)6-7-29-21)12-16-11-31-23(36-14-24(25,26)27)18-5-3-2-4-17(16)18/h2-7,11,13H,8-10,12,14H2,1H3,(H,28,34)(H,30,35). The molecule has 0 saturated heterocycles. The zero-order valence-electron chi connectivity index (χ0n) is 19.3. The Hall–Kier alpha value is -4.22. The summed E-state index contributed by atoms with van der Waals surface area (Å²) in [5.41, 5.74) is 1.94. The molecule has 0 aliphatic heterocycles. The molecule has 0 spiro atoms. The molecule has 0 aliphatic rings. The van der Waals surface area contributed by atoms with E-state index in [1.807, 2.05) is 0 Å². The van der Waals surface area contributed by atoms with E-state index in [1.165, 1.54) is 13.1 Å². The summed E-state index contributed by atoms with van der Waals surface area (Å²) >= 11 is 0. The Bertz CT molecular complexity index is 1400. The molecule has 0 unspecified atom stereocenters. The number of amides is 2. The van der Waals surface area contributed by atoms with Gasteiger partial charge in [-0.1, -0.05) is 18.2 Å². The van der Waals surface area contributed by atoms with Gasteiger partial charge in [-0.25, -0.2) is 4.98 Å². The van der Waals surface area contributed by atoms with Crippen LogP contribution in [0.5, 0.6) is 5.88 Å². The number of carbonyl (C=O) groups is 2. The maximum atomic E-state index is 12.6. The minimum Gasteiger partial charge on any atom is -0.468 e. The van der Waals surface area contributed by atoms with Crippen LogP contribution in [-0.2, 0) is 22.6 Å². The van der Waals surface area contributed by atoms with Crippen LogP contribution in [0.25, 0.3) is 21.7 Å². The second-order valence-corrected chi connectivity index (χ2v) is 8.06. The molecule has 36 heavy (non-hydrogen) atoms. The fraction of sp³-hybridized carbons (Fsp3) is 0.292. The third-order valence-electron chi connectivity index (χ3n) is 5.26. The number of alkyl halides is 3. The van der Waals surface area contributed by atoms with Crippen LogP contribution in [0.3, 0.4) is 0 Å². The summed E-state index contributed by atoms with van der Waals surface area (Å²) in [7, 11) is 0. The van der Waals surface area contributed by atoms with Gasteiger partial charge in [-0.2, -0.15) is 18.3 Å². The first-order valence-corrected chi connectivity index (χ1v) is 11.1. The number of benzene rings is 1. The highest BCUT2D eigenvalue weighted by molar-refractivity contribution is 5.90. The van der Waals surface area contributed by atoms with Gasteiger partial charge in [-0.15, -0.1) is 0 Å². The number of fused-ring (bicyclic) bond motifs is 2. The average Bonchev–Trinajstić information content (AvgIpc) is 3.24. The fourth-order valence-electron chi connectivity index (χ4n) is 3.72. The van der Waals surface area contributed by atoms with Gasteiger partial charge < -0.3 is 15.4 Å². The van der Waals surface area contributed by atoms with E-state index in [0.717, 1.165) is 5.56 Å². The summed E-state index contributed by atoms with van der Waals surface area (Å²) in [5.74, 6) is -0.499. The van der Waals surface area contributed by atoms with E-state index in [-0.39, 0.29) is 24.1 Å². The first-order valence-electron chi connectivity index (χ1n) is 11.1. The number of ether oxygens (including phenoxy) is 1. The van der Waals surface area contributed by atoms with Gasteiger partial charge in [-0.05, 0) is 23.1 Å². The molecule has 9 nitrogen and oxygen atoms in total. The van der Waals surface area contributed by atoms with Gasteiger partial charge in [0.25, 0.3) is 0 Å². The summed E-state index contributed by atoms with van der Waals surface area (Å²) in [6.45, 7) is 0.905. The zero-order chi connectivity index (χ0) is 25.7. The predicted molar refractivity (Wildman–Crippen MR) is 125 cm³/mol. The monoisotopic (exact) mass is 500 g/mol. The minimum atomic E-state index is -4.47. The Labute approximate surface area is 203 Å². The summed E-state index contributed by atoms with van der Waals surface area (Å²) in [5, 5.41) is 11.8. The van der Waals surface area contributed by atoms with Crippen molar-refractivity contribution >= 4 is 33.5 Å². The third kappa shape index (κ3) is 6.26. The van der Waals surface area contributed by atoms with Crippen molar-refractivity contribution < 1.29 is 27.5 Å². The number of pyridine rings is 2. The maximum absolute atomic E-state index is 12.6. The lowest BCUT2D eigenvalue weighted by Gasteiger charge is -2.13. The van der Waals surface area contributed by atoms with Gasteiger partial charge in [0.15, 0.2) is 6.61 Å². The SMILES string of the molecule is CC(=O)NCCNC(=O)Cc1nccc2nn(Cc3cnc(OCC(F)(F)F)c4ccccc34)cc12. The highest BCUT2D eigenvalue weighted by Gasteiger charge is 2.29. The number of halogens is 3. The van der Waals surface area contributed by atoms with Gasteiger partial charge in [0.05, 0.1) is 24.2 Å². The Morgan fingerprint density at radius 3 is 2.53 bits per heavy atom. The molecule has 4 rings (SSSR count). The van der Waals surface area contributed by atoms with Crippen LogP contribution in [0.15, 0.2) is 48.9 Å². The van der Waals surface area contributed by atoms with Crippen LogP contribution >= 0.6 is 0 Å². The topological polar surface area (TPSA) is 111 Å². The van der Waals surface area contributed by atoms with Crippen molar-refractivity contribution in [1.29, 1.82) is 0 Å². The van der Waals surface area contributed by atoms with Crippen LogP contribution in [0.1, 0.15) is 18.2 Å². The van der Waals surface area contributed by atoms with Gasteiger partial charge in [0, 0.05) is 49.4 Å². The average molecular weight is 500 g/mol. The van der Waals surface area contributed by atoms with Crippen LogP contribution in [0.4, 0.5) is 13.2 Å². The molecule has 4 aromatic rings. The lowest BCUT2D eigenvalue weighted by Crippen LogP contribution is -2.34. The Morgan fingerprint density at radius 1 is 1.03 bits per heavy atom. The van der Waals surface area contributed by atoms with E-state index >= 15 is 0 Å². The molecular formula is C24H23F3N6O3. The molecule has 0 radical (unpaired) electrons. The van der Waals surface area contributed by atoms with Crippen LogP contribution in [0.2, 0.25) is 0 Å². The molecule has 3 aromatic heterocycles. The van der Waals surface area contributed by atoms with E-state index in [9.17, 15) is 22.8 Å². The first-order chi connectivity index (χ1) is 17.2. The first kappa shape index (κ1) is 24.9. The van der Waals surface area contributed by atoms with Crippen molar-refractivity contribution in [2.45, 2.75) is 26.1 Å². The van der Waals surface area contributed by atoms with Gasteiger partial charge in [-0.3, -0.25) is 19.3 Å². The zero-order valence-corrected chi connectivity index (χ0v) is 19.3. The summed E-state index contributed by atoms with van der Waals surface area (Å²) in [4.78, 5) is 31.7. The largest absolute Gasteiger partial charge is 0.468 e. The van der Waals surface area contributed by atoms with Gasteiger partial charge in [0.2, 0.25) is 17.7 Å². The summed E-state index contributed by atoms with van der Waals surface area (Å²) in [6.07, 6.45) is 0.389. The smallest absolute Gasteiger partial charge is 0.422 e. The number of nitrogens with one attached hydrogen (secondary N) is 2. The number of carbonyl (C=O) groups excluding carboxylic acids is 2. The number of rotatable bonds is 9. The Balaban J connectivity index is 1.52. The lowest BCUT2D eigenvalue weighted by atomic mass is 10.1. The lowest BCUT2D eigenvalue weighted by molar-refractivity contribution is -0.153. The fourth-order valence-corrected chi connectivity index (χ4v) is 3.72.